The molecular formula is C25H24N4O4. The molecule has 0 spiro atoms. The molecule has 5 rings (SSSR count). The molecule has 8 heteroatoms. The average Bonchev–Trinajstić information content (AvgIpc) is 3.56. The van der Waals surface area contributed by atoms with Crippen LogP contribution in [0.4, 0.5) is 11.7 Å². The van der Waals surface area contributed by atoms with Crippen LogP contribution >= 0.6 is 0 Å². The molecule has 2 N–H and O–H groups in total. The topological polar surface area (TPSA) is 106 Å². The van der Waals surface area contributed by atoms with Gasteiger partial charge in [-0.2, -0.15) is 0 Å². The lowest BCUT2D eigenvalue weighted by molar-refractivity contribution is -0.126. The first-order valence-corrected chi connectivity index (χ1v) is 10.8. The van der Waals surface area contributed by atoms with Gasteiger partial charge in [-0.25, -0.2) is 0 Å². The molecular weight excluding hydrogens is 420 g/mol. The van der Waals surface area contributed by atoms with Crippen LogP contribution in [0.5, 0.6) is 5.75 Å². The molecule has 0 saturated heterocycles. The van der Waals surface area contributed by atoms with E-state index in [4.69, 9.17) is 9.15 Å². The first-order valence-electron chi connectivity index (χ1n) is 10.8. The van der Waals surface area contributed by atoms with E-state index in [0.29, 0.717) is 28.5 Å². The van der Waals surface area contributed by atoms with Crippen molar-refractivity contribution in [3.8, 4) is 17.2 Å². The number of benzene rings is 2. The minimum Gasteiger partial charge on any atom is -0.497 e. The molecule has 2 amide bonds. The second-order valence-electron chi connectivity index (χ2n) is 8.74. The zero-order valence-corrected chi connectivity index (χ0v) is 18.4. The van der Waals surface area contributed by atoms with Crippen LogP contribution in [0.15, 0.2) is 65.1 Å². The Morgan fingerprint density at radius 3 is 2.61 bits per heavy atom. The van der Waals surface area contributed by atoms with Gasteiger partial charge >= 0.3 is 6.01 Å². The second kappa shape index (κ2) is 8.20. The van der Waals surface area contributed by atoms with E-state index in [1.807, 2.05) is 6.92 Å². The van der Waals surface area contributed by atoms with Crippen molar-refractivity contribution in [3.63, 3.8) is 0 Å². The van der Waals surface area contributed by atoms with Crippen LogP contribution in [-0.4, -0.2) is 29.1 Å². The molecule has 3 atom stereocenters. The Bertz CT molecular complexity index is 1230. The summed E-state index contributed by atoms with van der Waals surface area (Å²) in [7, 11) is 1.59. The lowest BCUT2D eigenvalue weighted by Crippen LogP contribution is -2.36. The van der Waals surface area contributed by atoms with Crippen molar-refractivity contribution >= 4 is 23.5 Å². The zero-order valence-electron chi connectivity index (χ0n) is 18.4. The smallest absolute Gasteiger partial charge is 0.322 e. The molecule has 3 aromatic rings. The van der Waals surface area contributed by atoms with E-state index < -0.39 is 11.3 Å². The minimum atomic E-state index is -0.417. The number of nitrogens with one attached hydrogen (secondary N) is 2. The van der Waals surface area contributed by atoms with E-state index in [1.165, 1.54) is 0 Å². The number of aromatic nitrogens is 2. The summed E-state index contributed by atoms with van der Waals surface area (Å²) in [6.07, 6.45) is 6.26. The lowest BCUT2D eigenvalue weighted by atomic mass is 9.77. The third kappa shape index (κ3) is 4.00. The van der Waals surface area contributed by atoms with E-state index in [0.717, 1.165) is 12.8 Å². The molecule has 33 heavy (non-hydrogen) atoms. The summed E-state index contributed by atoms with van der Waals surface area (Å²) in [4.78, 5) is 25.7. The standard InChI is InChI=1S/C25H24N4O4/c1-25(14-15-6-9-18(25)12-15)23(31)26-19-5-3-4-17(13-19)21(30)27-24-29-28-22(33-24)16-7-10-20(32-2)11-8-16/h3-11,13,15,18H,12,14H2,1-2H3,(H,26,31)(H,27,29,30)/t15-,18-,25+/m0/s1. The van der Waals surface area contributed by atoms with Crippen LogP contribution in [-0.2, 0) is 4.79 Å². The number of hydrogen-bond donors (Lipinski definition) is 2. The second-order valence-corrected chi connectivity index (χ2v) is 8.74. The van der Waals surface area contributed by atoms with Crippen molar-refractivity contribution in [1.82, 2.24) is 10.2 Å². The number of carbonyl (C=O) groups is 2. The van der Waals surface area contributed by atoms with E-state index in [2.05, 4.69) is 33.0 Å². The average molecular weight is 444 g/mol. The third-order valence-electron chi connectivity index (χ3n) is 6.56. The highest BCUT2D eigenvalue weighted by molar-refractivity contribution is 6.04. The largest absolute Gasteiger partial charge is 0.497 e. The van der Waals surface area contributed by atoms with Gasteiger partial charge in [-0.1, -0.05) is 30.2 Å². The molecule has 0 unspecified atom stereocenters. The Morgan fingerprint density at radius 1 is 1.09 bits per heavy atom. The number of ether oxygens (including phenoxy) is 1. The number of rotatable bonds is 6. The summed E-state index contributed by atoms with van der Waals surface area (Å²) in [5.41, 5.74) is 1.23. The van der Waals surface area contributed by atoms with Gasteiger partial charge in [0.05, 0.1) is 12.5 Å². The molecule has 168 valence electrons. The van der Waals surface area contributed by atoms with Gasteiger partial charge in [0.25, 0.3) is 5.91 Å². The van der Waals surface area contributed by atoms with Crippen LogP contribution in [0.25, 0.3) is 11.5 Å². The van der Waals surface area contributed by atoms with Crippen molar-refractivity contribution in [2.45, 2.75) is 19.8 Å². The predicted molar refractivity (Wildman–Crippen MR) is 123 cm³/mol. The number of amides is 2. The SMILES string of the molecule is COc1ccc(-c2nnc(NC(=O)c3cccc(NC(=O)[C@]4(C)C[C@H]5C=C[C@H]4C5)c3)o2)cc1. The van der Waals surface area contributed by atoms with Gasteiger partial charge in [-0.05, 0) is 67.1 Å². The predicted octanol–water partition coefficient (Wildman–Crippen LogP) is 4.54. The number of methoxy groups -OCH3 is 1. The van der Waals surface area contributed by atoms with Crippen molar-refractivity contribution < 1.29 is 18.7 Å². The first kappa shape index (κ1) is 20.9. The van der Waals surface area contributed by atoms with Crippen LogP contribution in [0, 0.1) is 17.3 Å². The maximum absolute atomic E-state index is 13.0. The Labute approximate surface area is 191 Å². The monoisotopic (exact) mass is 444 g/mol. The van der Waals surface area contributed by atoms with Gasteiger partial charge in [0, 0.05) is 16.8 Å². The molecule has 2 bridgehead atoms. The molecule has 1 saturated carbocycles. The molecule has 2 aliphatic carbocycles. The summed E-state index contributed by atoms with van der Waals surface area (Å²) in [6.45, 7) is 2.02. The van der Waals surface area contributed by atoms with E-state index in [-0.39, 0.29) is 23.7 Å². The van der Waals surface area contributed by atoms with Crippen molar-refractivity contribution in [2.24, 2.45) is 17.3 Å². The summed E-state index contributed by atoms with van der Waals surface area (Å²) >= 11 is 0. The molecule has 8 nitrogen and oxygen atoms in total. The summed E-state index contributed by atoms with van der Waals surface area (Å²) in [6, 6.07) is 13.9. The van der Waals surface area contributed by atoms with Gasteiger partial charge in [0.15, 0.2) is 0 Å². The molecule has 1 aromatic heterocycles. The number of anilines is 2. The van der Waals surface area contributed by atoms with Gasteiger partial charge in [-0.15, -0.1) is 5.10 Å². The van der Waals surface area contributed by atoms with E-state index in [1.54, 1.807) is 55.6 Å². The number of carbonyl (C=O) groups excluding carboxylic acids is 2. The van der Waals surface area contributed by atoms with Crippen molar-refractivity contribution in [3.05, 3.63) is 66.2 Å². The Kier molecular flexibility index (Phi) is 5.20. The maximum Gasteiger partial charge on any atom is 0.322 e. The number of hydrogen-bond acceptors (Lipinski definition) is 6. The number of allylic oxidation sites excluding steroid dienone is 2. The first-order chi connectivity index (χ1) is 15.9. The fourth-order valence-electron chi connectivity index (χ4n) is 4.66. The number of fused-ring (bicyclic) bond motifs is 2. The zero-order chi connectivity index (χ0) is 23.0. The Morgan fingerprint density at radius 2 is 1.91 bits per heavy atom. The van der Waals surface area contributed by atoms with Crippen molar-refractivity contribution in [1.29, 1.82) is 0 Å². The molecule has 0 radical (unpaired) electrons. The summed E-state index contributed by atoms with van der Waals surface area (Å²) < 4.78 is 10.7. The van der Waals surface area contributed by atoms with Gasteiger partial charge in [0.1, 0.15) is 5.75 Å². The molecule has 1 fully saturated rings. The highest BCUT2D eigenvalue weighted by Gasteiger charge is 2.49. The summed E-state index contributed by atoms with van der Waals surface area (Å²) in [5.74, 6) is 1.32. The van der Waals surface area contributed by atoms with Crippen LogP contribution in [0.3, 0.4) is 0 Å². The Balaban J connectivity index is 1.25. The highest BCUT2D eigenvalue weighted by atomic mass is 16.5. The minimum absolute atomic E-state index is 0.0125. The molecule has 1 heterocycles. The van der Waals surface area contributed by atoms with Crippen LogP contribution < -0.4 is 15.4 Å². The normalized spacial score (nSPS) is 22.8. The third-order valence-corrected chi connectivity index (χ3v) is 6.56. The molecule has 0 aliphatic heterocycles. The van der Waals surface area contributed by atoms with Crippen LogP contribution in [0.2, 0.25) is 0 Å². The Hall–Kier alpha value is -3.94. The maximum atomic E-state index is 13.0. The van der Waals surface area contributed by atoms with Gasteiger partial charge in [0.2, 0.25) is 11.8 Å². The highest BCUT2D eigenvalue weighted by Crippen LogP contribution is 2.52. The van der Waals surface area contributed by atoms with Crippen LogP contribution in [0.1, 0.15) is 30.1 Å². The lowest BCUT2D eigenvalue weighted by Gasteiger charge is -2.29. The van der Waals surface area contributed by atoms with Gasteiger partial charge < -0.3 is 14.5 Å². The fourth-order valence-corrected chi connectivity index (χ4v) is 4.66. The van der Waals surface area contributed by atoms with E-state index in [9.17, 15) is 9.59 Å². The number of nitrogens with zero attached hydrogens (tertiary/aromatic N) is 2. The van der Waals surface area contributed by atoms with E-state index >= 15 is 0 Å². The quantitative estimate of drug-likeness (QED) is 0.541. The van der Waals surface area contributed by atoms with Gasteiger partial charge in [-0.3, -0.25) is 14.9 Å². The molecule has 2 aliphatic rings. The van der Waals surface area contributed by atoms with Crippen molar-refractivity contribution in [2.75, 3.05) is 17.7 Å². The summed E-state index contributed by atoms with van der Waals surface area (Å²) in [5, 5.41) is 13.5. The molecule has 2 aromatic carbocycles. The fraction of sp³-hybridized carbons (Fsp3) is 0.280.